The number of carbonyl (C=O) groups is 1. The van der Waals surface area contributed by atoms with Gasteiger partial charge in [0.2, 0.25) is 0 Å². The van der Waals surface area contributed by atoms with Crippen LogP contribution in [0.15, 0.2) is 34.0 Å². The van der Waals surface area contributed by atoms with E-state index in [1.165, 1.54) is 11.8 Å². The molecule has 0 saturated carbocycles. The summed E-state index contributed by atoms with van der Waals surface area (Å²) in [4.78, 5) is 30.6. The topological polar surface area (TPSA) is 69.3 Å². The van der Waals surface area contributed by atoms with Gasteiger partial charge in [-0.15, -0.1) is 0 Å². The third-order valence-corrected chi connectivity index (χ3v) is 7.56. The highest BCUT2D eigenvalue weighted by Gasteiger charge is 2.33. The Bertz CT molecular complexity index is 1250. The van der Waals surface area contributed by atoms with Crippen molar-refractivity contribution in [1.29, 1.82) is 5.26 Å². The van der Waals surface area contributed by atoms with Crippen LogP contribution in [0.2, 0.25) is 0 Å². The van der Waals surface area contributed by atoms with Crippen LogP contribution in [-0.2, 0) is 17.9 Å². The minimum atomic E-state index is -0.275. The molecule has 0 N–H and O–H groups in total. The molecule has 3 heterocycles. The SMILES string of the molecule is CCn1c(N2CCCC2)c(/C=C2\SC(=S)N(Cc3ccc(C)cc3)C2=O)c(C)c(C#N)c1=O. The molecule has 8 heteroatoms. The molecule has 170 valence electrons. The number of benzene rings is 1. The number of anilines is 1. The molecule has 0 unspecified atom stereocenters. The number of rotatable bonds is 5. The molecule has 2 saturated heterocycles. The first-order valence-electron chi connectivity index (χ1n) is 11.1. The lowest BCUT2D eigenvalue weighted by Gasteiger charge is -2.26. The van der Waals surface area contributed by atoms with Crippen LogP contribution < -0.4 is 10.5 Å². The number of aryl methyl sites for hydroxylation is 1. The van der Waals surface area contributed by atoms with E-state index in [9.17, 15) is 14.9 Å². The van der Waals surface area contributed by atoms with Gasteiger partial charge in [-0.1, -0.05) is 53.8 Å². The fraction of sp³-hybridized carbons (Fsp3) is 0.360. The molecule has 6 nitrogen and oxygen atoms in total. The Kier molecular flexibility index (Phi) is 6.73. The fourth-order valence-electron chi connectivity index (χ4n) is 4.35. The Morgan fingerprint density at radius 2 is 1.82 bits per heavy atom. The molecule has 0 radical (unpaired) electrons. The maximum Gasteiger partial charge on any atom is 0.270 e. The lowest BCUT2D eigenvalue weighted by molar-refractivity contribution is -0.122. The second-order valence-corrected chi connectivity index (χ2v) is 10.0. The van der Waals surface area contributed by atoms with Crippen LogP contribution in [-0.4, -0.2) is 32.8 Å². The van der Waals surface area contributed by atoms with Gasteiger partial charge >= 0.3 is 0 Å². The predicted octanol–water partition coefficient (Wildman–Crippen LogP) is 4.36. The number of nitriles is 1. The molecule has 2 aliphatic rings. The van der Waals surface area contributed by atoms with Crippen LogP contribution in [0.4, 0.5) is 5.82 Å². The van der Waals surface area contributed by atoms with Crippen LogP contribution in [0.3, 0.4) is 0 Å². The normalized spacial score (nSPS) is 17.3. The van der Waals surface area contributed by atoms with Gasteiger partial charge in [-0.3, -0.25) is 19.1 Å². The number of aromatic nitrogens is 1. The molecule has 2 aromatic rings. The molecule has 2 fully saturated rings. The number of amides is 1. The minimum absolute atomic E-state index is 0.126. The molecule has 1 amide bonds. The first-order chi connectivity index (χ1) is 15.8. The Morgan fingerprint density at radius 1 is 1.15 bits per heavy atom. The van der Waals surface area contributed by atoms with Gasteiger partial charge in [-0.25, -0.2) is 0 Å². The zero-order valence-corrected chi connectivity index (χ0v) is 20.7. The van der Waals surface area contributed by atoms with Gasteiger partial charge in [0.25, 0.3) is 11.5 Å². The summed E-state index contributed by atoms with van der Waals surface area (Å²) < 4.78 is 2.17. The van der Waals surface area contributed by atoms with E-state index < -0.39 is 0 Å². The highest BCUT2D eigenvalue weighted by atomic mass is 32.2. The quantitative estimate of drug-likeness (QED) is 0.470. The van der Waals surface area contributed by atoms with E-state index in [4.69, 9.17) is 12.2 Å². The molecule has 1 aromatic carbocycles. The fourth-order valence-corrected chi connectivity index (χ4v) is 5.59. The van der Waals surface area contributed by atoms with Crippen molar-refractivity contribution in [1.82, 2.24) is 9.47 Å². The number of hydrogen-bond donors (Lipinski definition) is 0. The standard InChI is InChI=1S/C25H26N4O2S2/c1-4-28-22(27-11-5-6-12-27)19(17(3)20(14-26)23(28)30)13-21-24(31)29(25(32)33-21)15-18-9-7-16(2)8-10-18/h7-10,13H,4-6,11-12,15H2,1-3H3/b21-13-. The number of nitrogens with zero attached hydrogens (tertiary/aromatic N) is 4. The second-order valence-electron chi connectivity index (χ2n) is 8.35. The highest BCUT2D eigenvalue weighted by Crippen LogP contribution is 2.37. The van der Waals surface area contributed by atoms with Gasteiger partial charge in [-0.2, -0.15) is 5.26 Å². The molecule has 0 bridgehead atoms. The van der Waals surface area contributed by atoms with E-state index in [1.807, 2.05) is 44.2 Å². The molecule has 0 spiro atoms. The molecular formula is C25H26N4O2S2. The van der Waals surface area contributed by atoms with Crippen LogP contribution in [0.25, 0.3) is 6.08 Å². The average Bonchev–Trinajstić information content (AvgIpc) is 3.41. The largest absolute Gasteiger partial charge is 0.357 e. The highest BCUT2D eigenvalue weighted by molar-refractivity contribution is 8.26. The van der Waals surface area contributed by atoms with Crippen molar-refractivity contribution < 1.29 is 4.79 Å². The third kappa shape index (κ3) is 4.35. The van der Waals surface area contributed by atoms with E-state index in [0.29, 0.717) is 27.9 Å². The monoisotopic (exact) mass is 478 g/mol. The van der Waals surface area contributed by atoms with Crippen LogP contribution >= 0.6 is 24.0 Å². The summed E-state index contributed by atoms with van der Waals surface area (Å²) in [6, 6.07) is 10.1. The molecule has 2 aliphatic heterocycles. The zero-order valence-electron chi connectivity index (χ0n) is 19.1. The van der Waals surface area contributed by atoms with Gasteiger partial charge in [0.1, 0.15) is 21.8 Å². The summed E-state index contributed by atoms with van der Waals surface area (Å²) in [6.07, 6.45) is 3.92. The zero-order chi connectivity index (χ0) is 23.7. The van der Waals surface area contributed by atoms with Crippen LogP contribution in [0, 0.1) is 25.2 Å². The number of carbonyl (C=O) groups excluding carboxylic acids is 1. The second kappa shape index (κ2) is 9.54. The molecule has 0 atom stereocenters. The molecule has 0 aliphatic carbocycles. The summed E-state index contributed by atoms with van der Waals surface area (Å²) in [5.41, 5.74) is 3.39. The van der Waals surface area contributed by atoms with E-state index in [2.05, 4.69) is 11.0 Å². The molecule has 4 rings (SSSR count). The van der Waals surface area contributed by atoms with Gasteiger partial charge in [0.15, 0.2) is 0 Å². The Morgan fingerprint density at radius 3 is 2.42 bits per heavy atom. The number of pyridine rings is 1. The predicted molar refractivity (Wildman–Crippen MR) is 137 cm³/mol. The Labute approximate surface area is 203 Å². The van der Waals surface area contributed by atoms with Crippen molar-refractivity contribution in [3.05, 3.63) is 67.3 Å². The Balaban J connectivity index is 1.79. The van der Waals surface area contributed by atoms with Gasteiger partial charge in [-0.05, 0) is 50.8 Å². The lowest BCUT2D eigenvalue weighted by atomic mass is 10.0. The van der Waals surface area contributed by atoms with Gasteiger partial charge < -0.3 is 4.90 Å². The van der Waals surface area contributed by atoms with E-state index >= 15 is 0 Å². The molecular weight excluding hydrogens is 452 g/mol. The number of hydrogen-bond acceptors (Lipinski definition) is 6. The van der Waals surface area contributed by atoms with E-state index in [-0.39, 0.29) is 17.0 Å². The van der Waals surface area contributed by atoms with Crippen molar-refractivity contribution in [2.75, 3.05) is 18.0 Å². The number of thioether (sulfide) groups is 1. The van der Waals surface area contributed by atoms with Crippen molar-refractivity contribution >= 4 is 46.1 Å². The lowest BCUT2D eigenvalue weighted by Crippen LogP contribution is -2.32. The van der Waals surface area contributed by atoms with Crippen molar-refractivity contribution in [2.45, 2.75) is 46.7 Å². The van der Waals surface area contributed by atoms with Crippen molar-refractivity contribution in [3.8, 4) is 6.07 Å². The smallest absolute Gasteiger partial charge is 0.270 e. The van der Waals surface area contributed by atoms with Crippen LogP contribution in [0.1, 0.15) is 47.6 Å². The maximum absolute atomic E-state index is 13.3. The first-order valence-corrected chi connectivity index (χ1v) is 12.3. The maximum atomic E-state index is 13.3. The summed E-state index contributed by atoms with van der Waals surface area (Å²) in [5, 5.41) is 9.68. The summed E-state index contributed by atoms with van der Waals surface area (Å²) in [6.45, 7) is 8.28. The van der Waals surface area contributed by atoms with E-state index in [0.717, 1.165) is 48.4 Å². The number of thiocarbonyl (C=S) groups is 1. The average molecular weight is 479 g/mol. The third-order valence-electron chi connectivity index (χ3n) is 6.18. The minimum Gasteiger partial charge on any atom is -0.357 e. The van der Waals surface area contributed by atoms with Gasteiger partial charge in [0, 0.05) is 25.2 Å². The van der Waals surface area contributed by atoms with Crippen molar-refractivity contribution in [3.63, 3.8) is 0 Å². The van der Waals surface area contributed by atoms with Crippen LogP contribution in [0.5, 0.6) is 0 Å². The summed E-state index contributed by atoms with van der Waals surface area (Å²) >= 11 is 6.81. The van der Waals surface area contributed by atoms with Gasteiger partial charge in [0.05, 0.1) is 11.4 Å². The Hall–Kier alpha value is -2.89. The van der Waals surface area contributed by atoms with E-state index in [1.54, 1.807) is 16.4 Å². The molecule has 1 aromatic heterocycles. The first kappa shape index (κ1) is 23.3. The summed E-state index contributed by atoms with van der Waals surface area (Å²) in [7, 11) is 0. The summed E-state index contributed by atoms with van der Waals surface area (Å²) in [5.74, 6) is 0.644. The van der Waals surface area contributed by atoms with Crippen molar-refractivity contribution in [2.24, 2.45) is 0 Å². The molecule has 33 heavy (non-hydrogen) atoms.